The van der Waals surface area contributed by atoms with Crippen molar-refractivity contribution in [3.63, 3.8) is 0 Å². The van der Waals surface area contributed by atoms with E-state index in [4.69, 9.17) is 0 Å². The van der Waals surface area contributed by atoms with Gasteiger partial charge in [0.05, 0.1) is 22.9 Å². The lowest BCUT2D eigenvalue weighted by Gasteiger charge is -2.12. The topological polar surface area (TPSA) is 85.7 Å². The molecule has 3 rings (SSSR count). The van der Waals surface area contributed by atoms with Crippen LogP contribution in [0.15, 0.2) is 59.5 Å². The molecular weight excluding hydrogens is 294 g/mol. The van der Waals surface area contributed by atoms with Gasteiger partial charge in [0.25, 0.3) is 5.91 Å². The zero-order valence-electron chi connectivity index (χ0n) is 12.3. The van der Waals surface area contributed by atoms with Crippen LogP contribution in [-0.4, -0.2) is 22.6 Å². The van der Waals surface area contributed by atoms with Gasteiger partial charge in [0.2, 0.25) is 0 Å². The number of carboxylic acid groups (broad SMARTS) is 1. The Balaban J connectivity index is 1.91. The molecule has 0 fully saturated rings. The second kappa shape index (κ2) is 5.84. The number of pyridine rings is 1. The molecule has 0 atom stereocenters. The quantitative estimate of drug-likeness (QED) is 0.799. The van der Waals surface area contributed by atoms with Gasteiger partial charge in [0.15, 0.2) is 0 Å². The summed E-state index contributed by atoms with van der Waals surface area (Å²) in [6.45, 7) is 1.75. The van der Waals surface area contributed by atoms with Crippen LogP contribution in [0.25, 0.3) is 6.08 Å². The van der Waals surface area contributed by atoms with Gasteiger partial charge in [-0.15, -0.1) is 0 Å². The van der Waals surface area contributed by atoms with Crippen LogP contribution in [0, 0.1) is 0 Å². The second-order valence-corrected chi connectivity index (χ2v) is 4.98. The fourth-order valence-electron chi connectivity index (χ4n) is 2.23. The maximum Gasteiger partial charge on any atom is 0.280 e. The first-order valence-corrected chi connectivity index (χ1v) is 6.89. The number of hydrogen-bond acceptors (Lipinski definition) is 5. The Morgan fingerprint density at radius 2 is 1.96 bits per heavy atom. The minimum Gasteiger partial charge on any atom is -0.545 e. The Morgan fingerprint density at radius 3 is 2.57 bits per heavy atom. The predicted octanol–water partition coefficient (Wildman–Crippen LogP) is 1.25. The van der Waals surface area contributed by atoms with E-state index in [-0.39, 0.29) is 11.5 Å². The molecule has 0 aliphatic carbocycles. The first-order valence-electron chi connectivity index (χ1n) is 6.89. The summed E-state index contributed by atoms with van der Waals surface area (Å²) < 4.78 is 0. The van der Waals surface area contributed by atoms with Crippen molar-refractivity contribution < 1.29 is 14.7 Å². The monoisotopic (exact) mass is 306 g/mol. The SMILES string of the molecule is CC1=NN(c2ccc(C(=O)[O-])cc2)C(=O)/C1=C\c1cccnc1. The van der Waals surface area contributed by atoms with Crippen molar-refractivity contribution in [2.24, 2.45) is 5.10 Å². The smallest absolute Gasteiger partial charge is 0.280 e. The van der Waals surface area contributed by atoms with Gasteiger partial charge < -0.3 is 9.90 Å². The van der Waals surface area contributed by atoms with E-state index in [0.29, 0.717) is 17.0 Å². The maximum atomic E-state index is 12.5. The van der Waals surface area contributed by atoms with Crippen LogP contribution in [-0.2, 0) is 4.79 Å². The lowest BCUT2D eigenvalue weighted by molar-refractivity contribution is -0.255. The van der Waals surface area contributed by atoms with E-state index in [0.717, 1.165) is 5.56 Å². The summed E-state index contributed by atoms with van der Waals surface area (Å²) >= 11 is 0. The predicted molar refractivity (Wildman–Crippen MR) is 83.6 cm³/mol. The minimum atomic E-state index is -1.26. The largest absolute Gasteiger partial charge is 0.545 e. The molecule has 0 spiro atoms. The summed E-state index contributed by atoms with van der Waals surface area (Å²) in [4.78, 5) is 27.3. The van der Waals surface area contributed by atoms with Gasteiger partial charge >= 0.3 is 0 Å². The Labute approximate surface area is 132 Å². The van der Waals surface area contributed by atoms with Crippen LogP contribution in [0.5, 0.6) is 0 Å². The van der Waals surface area contributed by atoms with Gasteiger partial charge in [-0.25, -0.2) is 0 Å². The van der Waals surface area contributed by atoms with E-state index in [9.17, 15) is 14.7 Å². The highest BCUT2D eigenvalue weighted by molar-refractivity contribution is 6.32. The van der Waals surface area contributed by atoms with Gasteiger partial charge in [-0.05, 0) is 42.3 Å². The van der Waals surface area contributed by atoms with Crippen LogP contribution in [0.3, 0.4) is 0 Å². The van der Waals surface area contributed by atoms with Gasteiger partial charge in [0, 0.05) is 12.4 Å². The first kappa shape index (κ1) is 14.6. The summed E-state index contributed by atoms with van der Waals surface area (Å²) in [6, 6.07) is 9.43. The summed E-state index contributed by atoms with van der Waals surface area (Å²) in [5.74, 6) is -1.53. The molecule has 23 heavy (non-hydrogen) atoms. The summed E-state index contributed by atoms with van der Waals surface area (Å²) in [5, 5.41) is 16.3. The Morgan fingerprint density at radius 1 is 1.22 bits per heavy atom. The molecule has 0 N–H and O–H groups in total. The average Bonchev–Trinajstić information content (AvgIpc) is 2.84. The third kappa shape index (κ3) is 2.87. The van der Waals surface area contributed by atoms with Crippen LogP contribution < -0.4 is 10.1 Å². The molecular formula is C17H12N3O3-. The van der Waals surface area contributed by atoms with E-state index in [1.54, 1.807) is 31.5 Å². The lowest BCUT2D eigenvalue weighted by atomic mass is 10.1. The first-order chi connectivity index (χ1) is 11.1. The third-order valence-electron chi connectivity index (χ3n) is 3.41. The number of hydrogen-bond donors (Lipinski definition) is 0. The number of amides is 1. The third-order valence-corrected chi connectivity index (χ3v) is 3.41. The zero-order valence-corrected chi connectivity index (χ0v) is 12.3. The fraction of sp³-hybridized carbons (Fsp3) is 0.0588. The second-order valence-electron chi connectivity index (χ2n) is 4.98. The van der Waals surface area contributed by atoms with Gasteiger partial charge in [-0.3, -0.25) is 9.78 Å². The number of carboxylic acids is 1. The molecule has 2 heterocycles. The van der Waals surface area contributed by atoms with Gasteiger partial charge in [0.1, 0.15) is 0 Å². The van der Waals surface area contributed by atoms with E-state index >= 15 is 0 Å². The standard InChI is InChI=1S/C17H13N3O3/c1-11-15(9-12-3-2-8-18-10-12)16(21)20(19-11)14-6-4-13(5-7-14)17(22)23/h2-10H,1H3,(H,22,23)/p-1/b15-9-. The molecule has 114 valence electrons. The van der Waals surface area contributed by atoms with Crippen molar-refractivity contribution in [3.8, 4) is 0 Å². The Hall–Kier alpha value is -3.28. The van der Waals surface area contributed by atoms with Crippen molar-refractivity contribution in [3.05, 3.63) is 65.5 Å². The van der Waals surface area contributed by atoms with E-state index < -0.39 is 5.97 Å². The highest BCUT2D eigenvalue weighted by Crippen LogP contribution is 2.25. The minimum absolute atomic E-state index is 0.0484. The van der Waals surface area contributed by atoms with E-state index in [1.165, 1.54) is 29.3 Å². The molecule has 1 amide bonds. The summed E-state index contributed by atoms with van der Waals surface area (Å²) in [5.41, 5.74) is 2.41. The van der Waals surface area contributed by atoms with Gasteiger partial charge in [-0.2, -0.15) is 10.1 Å². The Bertz CT molecular complexity index is 824. The molecule has 1 aliphatic heterocycles. The summed E-state index contributed by atoms with van der Waals surface area (Å²) in [6.07, 6.45) is 5.04. The maximum absolute atomic E-state index is 12.5. The molecule has 6 heteroatoms. The molecule has 1 aliphatic rings. The van der Waals surface area contributed by atoms with Crippen LogP contribution >= 0.6 is 0 Å². The lowest BCUT2D eigenvalue weighted by Crippen LogP contribution is -2.23. The number of nitrogens with zero attached hydrogens (tertiary/aromatic N) is 3. The van der Waals surface area contributed by atoms with Crippen molar-refractivity contribution in [1.29, 1.82) is 0 Å². The molecule has 0 saturated heterocycles. The molecule has 6 nitrogen and oxygen atoms in total. The normalized spacial score (nSPS) is 15.9. The number of carbonyl (C=O) groups excluding carboxylic acids is 2. The molecule has 0 unspecified atom stereocenters. The van der Waals surface area contributed by atoms with Crippen LogP contribution in [0.2, 0.25) is 0 Å². The number of carbonyl (C=O) groups is 2. The number of anilines is 1. The van der Waals surface area contributed by atoms with Gasteiger partial charge in [-0.1, -0.05) is 18.2 Å². The fourth-order valence-corrected chi connectivity index (χ4v) is 2.23. The van der Waals surface area contributed by atoms with E-state index in [2.05, 4.69) is 10.1 Å². The average molecular weight is 306 g/mol. The van der Waals surface area contributed by atoms with E-state index in [1.807, 2.05) is 6.07 Å². The number of aromatic carboxylic acids is 1. The number of rotatable bonds is 3. The number of benzene rings is 1. The molecule has 0 saturated carbocycles. The van der Waals surface area contributed by atoms with Crippen molar-refractivity contribution in [2.45, 2.75) is 6.92 Å². The highest BCUT2D eigenvalue weighted by atomic mass is 16.4. The summed E-state index contributed by atoms with van der Waals surface area (Å²) in [7, 11) is 0. The number of aromatic nitrogens is 1. The molecule has 0 bridgehead atoms. The Kier molecular flexibility index (Phi) is 3.72. The molecule has 2 aromatic rings. The zero-order chi connectivity index (χ0) is 16.4. The highest BCUT2D eigenvalue weighted by Gasteiger charge is 2.28. The van der Waals surface area contributed by atoms with Crippen molar-refractivity contribution in [2.75, 3.05) is 5.01 Å². The van der Waals surface area contributed by atoms with Crippen LogP contribution in [0.4, 0.5) is 5.69 Å². The van der Waals surface area contributed by atoms with Crippen molar-refractivity contribution >= 4 is 29.4 Å². The van der Waals surface area contributed by atoms with Crippen molar-refractivity contribution in [1.82, 2.24) is 4.98 Å². The molecule has 0 radical (unpaired) electrons. The molecule has 1 aromatic carbocycles. The number of hydrazone groups is 1. The molecule has 1 aromatic heterocycles. The van der Waals surface area contributed by atoms with Crippen LogP contribution in [0.1, 0.15) is 22.8 Å².